The zero-order valence-electron chi connectivity index (χ0n) is 11.0. The van der Waals surface area contributed by atoms with Crippen molar-refractivity contribution >= 4 is 23.6 Å². The second kappa shape index (κ2) is 6.25. The van der Waals surface area contributed by atoms with Crippen molar-refractivity contribution in [2.75, 3.05) is 19.1 Å². The van der Waals surface area contributed by atoms with Gasteiger partial charge in [-0.15, -0.1) is 0 Å². The van der Waals surface area contributed by atoms with E-state index in [1.807, 2.05) is 30.3 Å². The molecule has 1 amide bonds. The van der Waals surface area contributed by atoms with E-state index in [1.165, 1.54) is 4.79 Å². The highest BCUT2D eigenvalue weighted by molar-refractivity contribution is 6.31. The van der Waals surface area contributed by atoms with Gasteiger partial charge >= 0.3 is 5.15 Å². The fourth-order valence-corrected chi connectivity index (χ4v) is 1.64. The van der Waals surface area contributed by atoms with Crippen molar-refractivity contribution in [1.82, 2.24) is 5.27 Å². The maximum Gasteiger partial charge on any atom is 0.360 e. The van der Waals surface area contributed by atoms with Crippen LogP contribution in [-0.4, -0.2) is 25.5 Å². The van der Waals surface area contributed by atoms with E-state index >= 15 is 0 Å². The molecule has 2 rings (SSSR count). The number of carbonyl (C=O) groups excluding carboxylic acids is 1. The van der Waals surface area contributed by atoms with E-state index in [9.17, 15) is 4.79 Å². The van der Waals surface area contributed by atoms with Gasteiger partial charge in [0.25, 0.3) is 0 Å². The molecule has 0 fully saturated rings. The summed E-state index contributed by atoms with van der Waals surface area (Å²) in [5, 5.41) is 8.89. The molecular formula is C12H13ClN4O3. The van der Waals surface area contributed by atoms with Crippen molar-refractivity contribution < 1.29 is 18.8 Å². The van der Waals surface area contributed by atoms with Gasteiger partial charge in [-0.2, -0.15) is 5.01 Å². The first-order chi connectivity index (χ1) is 9.58. The third-order valence-electron chi connectivity index (χ3n) is 2.33. The molecule has 0 aliphatic carbocycles. The van der Waals surface area contributed by atoms with Crippen LogP contribution in [0.15, 0.2) is 34.9 Å². The summed E-state index contributed by atoms with van der Waals surface area (Å²) in [5.41, 5.74) is 0.864. The van der Waals surface area contributed by atoms with Crippen molar-refractivity contribution in [3.8, 4) is 0 Å². The average molecular weight is 297 g/mol. The highest BCUT2D eigenvalue weighted by atomic mass is 35.5. The Morgan fingerprint density at radius 2 is 2.15 bits per heavy atom. The molecule has 1 aromatic heterocycles. The van der Waals surface area contributed by atoms with E-state index in [-0.39, 0.29) is 17.6 Å². The Kier molecular flexibility index (Phi) is 4.41. The monoisotopic (exact) mass is 296 g/mol. The summed E-state index contributed by atoms with van der Waals surface area (Å²) in [7, 11) is 3.43. The Morgan fingerprint density at radius 1 is 1.45 bits per heavy atom. The largest absolute Gasteiger partial charge is 0.551 e. The van der Waals surface area contributed by atoms with E-state index in [0.717, 1.165) is 5.56 Å². The molecule has 2 aromatic rings. The van der Waals surface area contributed by atoms with Crippen LogP contribution < -0.4 is 9.80 Å². The smallest absolute Gasteiger partial charge is 0.360 e. The number of aromatic nitrogens is 2. The van der Waals surface area contributed by atoms with Crippen LogP contribution in [0.4, 0.5) is 10.7 Å². The molecule has 20 heavy (non-hydrogen) atoms. The fraction of sp³-hybridized carbons (Fsp3) is 0.250. The molecule has 0 aliphatic heterocycles. The maximum atomic E-state index is 11.6. The zero-order chi connectivity index (χ0) is 14.5. The van der Waals surface area contributed by atoms with Gasteiger partial charge in [-0.25, -0.2) is 0 Å². The average Bonchev–Trinajstić information content (AvgIpc) is 2.79. The molecule has 0 bridgehead atoms. The van der Waals surface area contributed by atoms with Crippen molar-refractivity contribution in [3.05, 3.63) is 46.4 Å². The molecule has 1 aromatic carbocycles. The zero-order valence-corrected chi connectivity index (χ0v) is 11.7. The Bertz CT molecular complexity index is 586. The van der Waals surface area contributed by atoms with Crippen molar-refractivity contribution in [3.63, 3.8) is 0 Å². The lowest BCUT2D eigenvalue weighted by Gasteiger charge is -2.14. The van der Waals surface area contributed by atoms with Crippen LogP contribution in [-0.2, 0) is 11.3 Å². The summed E-state index contributed by atoms with van der Waals surface area (Å²) in [6.07, 6.45) is -0.794. The molecule has 1 heterocycles. The number of hydrogen-bond donors (Lipinski definition) is 0. The van der Waals surface area contributed by atoms with Gasteiger partial charge in [0, 0.05) is 0 Å². The summed E-state index contributed by atoms with van der Waals surface area (Å²) >= 11 is 5.94. The predicted molar refractivity (Wildman–Crippen MR) is 71.4 cm³/mol. The molecule has 0 radical (unpaired) electrons. The number of carbonyl (C=O) groups is 1. The SMILES string of the molecule is CN(C)[n+]1noc([N-]C(=O)OCc2ccccc2)c1Cl. The molecule has 0 saturated carbocycles. The molecule has 0 atom stereocenters. The molecule has 0 spiro atoms. The summed E-state index contributed by atoms with van der Waals surface area (Å²) < 4.78 is 9.83. The van der Waals surface area contributed by atoms with E-state index in [1.54, 1.807) is 19.1 Å². The first-order valence-corrected chi connectivity index (χ1v) is 6.13. The quantitative estimate of drug-likeness (QED) is 0.808. The third-order valence-corrected chi connectivity index (χ3v) is 2.65. The van der Waals surface area contributed by atoms with Gasteiger partial charge in [0.2, 0.25) is 11.4 Å². The molecule has 0 saturated heterocycles. The van der Waals surface area contributed by atoms with E-state index in [2.05, 4.69) is 10.6 Å². The van der Waals surface area contributed by atoms with Crippen LogP contribution in [0, 0.1) is 0 Å². The minimum Gasteiger partial charge on any atom is -0.551 e. The van der Waals surface area contributed by atoms with Crippen LogP contribution in [0.25, 0.3) is 5.32 Å². The highest BCUT2D eigenvalue weighted by Crippen LogP contribution is 2.25. The van der Waals surface area contributed by atoms with Crippen molar-refractivity contribution in [1.29, 1.82) is 0 Å². The van der Waals surface area contributed by atoms with Crippen LogP contribution in [0.5, 0.6) is 0 Å². The number of benzene rings is 1. The molecule has 0 aliphatic rings. The van der Waals surface area contributed by atoms with Crippen LogP contribution in [0.3, 0.4) is 0 Å². The van der Waals surface area contributed by atoms with Crippen molar-refractivity contribution in [2.45, 2.75) is 6.61 Å². The summed E-state index contributed by atoms with van der Waals surface area (Å²) in [5.74, 6) is -0.0987. The van der Waals surface area contributed by atoms with Gasteiger partial charge in [-0.05, 0) is 17.2 Å². The highest BCUT2D eigenvalue weighted by Gasteiger charge is 2.20. The minimum absolute atomic E-state index is 0.0895. The van der Waals surface area contributed by atoms with Crippen molar-refractivity contribution in [2.24, 2.45) is 0 Å². The van der Waals surface area contributed by atoms with E-state index in [4.69, 9.17) is 20.9 Å². The predicted octanol–water partition coefficient (Wildman–Crippen LogP) is 2.16. The number of amides is 1. The fourth-order valence-electron chi connectivity index (χ4n) is 1.39. The first kappa shape index (κ1) is 14.1. The summed E-state index contributed by atoms with van der Waals surface area (Å²) in [6.45, 7) is 0.128. The van der Waals surface area contributed by atoms with E-state index in [0.29, 0.717) is 0 Å². The maximum absolute atomic E-state index is 11.6. The van der Waals surface area contributed by atoms with Gasteiger partial charge in [-0.3, -0.25) is 4.79 Å². The number of hydrogen-bond acceptors (Lipinski definition) is 5. The minimum atomic E-state index is -0.794. The molecule has 8 heteroatoms. The number of ether oxygens (including phenoxy) is 1. The van der Waals surface area contributed by atoms with Gasteiger partial charge in [0.05, 0.1) is 18.9 Å². The summed E-state index contributed by atoms with van der Waals surface area (Å²) in [6, 6.07) is 9.27. The van der Waals surface area contributed by atoms with Crippen LogP contribution in [0.1, 0.15) is 5.56 Å². The summed E-state index contributed by atoms with van der Waals surface area (Å²) in [4.78, 5) is 12.8. The Hall–Kier alpha value is -2.28. The van der Waals surface area contributed by atoms with Gasteiger partial charge in [-0.1, -0.05) is 30.3 Å². The van der Waals surface area contributed by atoms with Crippen LogP contribution >= 0.6 is 11.6 Å². The lowest BCUT2D eigenvalue weighted by Crippen LogP contribution is -2.54. The number of nitrogens with zero attached hydrogens (tertiary/aromatic N) is 4. The normalized spacial score (nSPS) is 10.2. The standard InChI is InChI=1S/C12H13ClN4O3/c1-16(2)17-10(13)11(20-15-17)14-12(18)19-8-9-6-4-3-5-7-9/h3-7H,8H2,1-2H3. The number of halogens is 1. The Morgan fingerprint density at radius 3 is 2.75 bits per heavy atom. The van der Waals surface area contributed by atoms with Crippen LogP contribution in [0.2, 0.25) is 5.15 Å². The number of rotatable bonds is 4. The first-order valence-electron chi connectivity index (χ1n) is 5.75. The molecule has 0 N–H and O–H groups in total. The molecule has 106 valence electrons. The van der Waals surface area contributed by atoms with E-state index < -0.39 is 6.09 Å². The topological polar surface area (TPSA) is 73.6 Å². The second-order valence-electron chi connectivity index (χ2n) is 4.06. The second-order valence-corrected chi connectivity index (χ2v) is 4.42. The van der Waals surface area contributed by atoms with Gasteiger partial charge < -0.3 is 14.6 Å². The third kappa shape index (κ3) is 3.39. The lowest BCUT2D eigenvalue weighted by molar-refractivity contribution is -0.751. The Labute approximate surface area is 120 Å². The van der Waals surface area contributed by atoms with Gasteiger partial charge in [0.15, 0.2) is 5.88 Å². The molecule has 0 unspecified atom stereocenters. The molecule has 7 nitrogen and oxygen atoms in total. The Balaban J connectivity index is 1.92. The molecular weight excluding hydrogens is 284 g/mol. The lowest BCUT2D eigenvalue weighted by atomic mass is 10.2. The van der Waals surface area contributed by atoms with Gasteiger partial charge in [0.1, 0.15) is 6.61 Å².